The van der Waals surface area contributed by atoms with E-state index < -0.39 is 29.9 Å². The predicted molar refractivity (Wildman–Crippen MR) is 71.7 cm³/mol. The van der Waals surface area contributed by atoms with Crippen LogP contribution in [0.2, 0.25) is 0 Å². The zero-order chi connectivity index (χ0) is 14.0. The molecular formula is C10H22N2O4S2. The van der Waals surface area contributed by atoms with Gasteiger partial charge in [0.05, 0.1) is 10.00 Å². The number of rotatable bonds is 5. The van der Waals surface area contributed by atoms with Crippen LogP contribution in [0, 0.1) is 0 Å². The van der Waals surface area contributed by atoms with Crippen LogP contribution in [0.15, 0.2) is 0 Å². The van der Waals surface area contributed by atoms with Crippen molar-refractivity contribution in [1.29, 1.82) is 0 Å². The van der Waals surface area contributed by atoms with Crippen molar-refractivity contribution in [3.8, 4) is 0 Å². The fraction of sp³-hybridized carbons (Fsp3) is 1.00. The van der Waals surface area contributed by atoms with E-state index in [1.807, 2.05) is 0 Å². The van der Waals surface area contributed by atoms with Gasteiger partial charge in [-0.25, -0.2) is 21.6 Å². The lowest BCUT2D eigenvalue weighted by atomic mass is 10.2. The van der Waals surface area contributed by atoms with Crippen LogP contribution in [0.3, 0.4) is 0 Å². The molecule has 8 heteroatoms. The van der Waals surface area contributed by atoms with Gasteiger partial charge in [-0.15, -0.1) is 0 Å². The van der Waals surface area contributed by atoms with E-state index in [0.29, 0.717) is 13.0 Å². The first-order chi connectivity index (χ1) is 8.06. The Kier molecular flexibility index (Phi) is 4.80. The molecule has 0 aromatic carbocycles. The van der Waals surface area contributed by atoms with Crippen LogP contribution in [-0.4, -0.2) is 52.7 Å². The maximum atomic E-state index is 12.0. The van der Waals surface area contributed by atoms with E-state index in [2.05, 4.69) is 10.0 Å². The summed E-state index contributed by atoms with van der Waals surface area (Å²) in [5.74, 6) is 0. The number of nitrogens with one attached hydrogen (secondary N) is 2. The molecule has 1 fully saturated rings. The van der Waals surface area contributed by atoms with Crippen LogP contribution >= 0.6 is 0 Å². The van der Waals surface area contributed by atoms with E-state index in [-0.39, 0.29) is 6.54 Å². The largest absolute Gasteiger partial charge is 0.315 e. The number of hydrogen-bond acceptors (Lipinski definition) is 5. The third-order valence-corrected chi connectivity index (χ3v) is 7.37. The van der Waals surface area contributed by atoms with Gasteiger partial charge in [0.25, 0.3) is 0 Å². The van der Waals surface area contributed by atoms with Gasteiger partial charge in [-0.05, 0) is 33.2 Å². The minimum Gasteiger partial charge on any atom is -0.315 e. The van der Waals surface area contributed by atoms with Gasteiger partial charge in [0, 0.05) is 19.3 Å². The van der Waals surface area contributed by atoms with Gasteiger partial charge < -0.3 is 5.32 Å². The zero-order valence-electron chi connectivity index (χ0n) is 11.1. The van der Waals surface area contributed by atoms with Crippen LogP contribution in [0.25, 0.3) is 0 Å². The van der Waals surface area contributed by atoms with Crippen molar-refractivity contribution in [1.82, 2.24) is 10.0 Å². The maximum Gasteiger partial charge on any atom is 0.215 e. The van der Waals surface area contributed by atoms with Crippen LogP contribution in [0.5, 0.6) is 0 Å². The van der Waals surface area contributed by atoms with Gasteiger partial charge in [-0.1, -0.05) is 0 Å². The number of sulfone groups is 1. The lowest BCUT2D eigenvalue weighted by molar-refractivity contribution is 0.485. The molecule has 0 saturated carbocycles. The Morgan fingerprint density at radius 2 is 1.89 bits per heavy atom. The summed E-state index contributed by atoms with van der Waals surface area (Å²) in [5, 5.41) is 2.56. The fourth-order valence-corrected chi connectivity index (χ4v) is 3.65. The fourth-order valence-electron chi connectivity index (χ4n) is 1.61. The van der Waals surface area contributed by atoms with Crippen molar-refractivity contribution >= 4 is 19.9 Å². The summed E-state index contributed by atoms with van der Waals surface area (Å²) in [4.78, 5) is 0. The second-order valence-corrected chi connectivity index (χ2v) is 10.1. The first-order valence-electron chi connectivity index (χ1n) is 5.95. The highest BCUT2D eigenvalue weighted by Gasteiger charge is 2.34. The monoisotopic (exact) mass is 298 g/mol. The Labute approximate surface area is 110 Å². The standard InChI is InChI=1S/C10H22N2O4S2/c1-10(2,17(3,13)14)8-12-18(15,16)9-5-4-6-11-7-9/h9,11-12H,4-8H2,1-3H3. The Bertz CT molecular complexity index is 476. The Morgan fingerprint density at radius 1 is 1.28 bits per heavy atom. The van der Waals surface area contributed by atoms with Crippen molar-refractivity contribution in [2.24, 2.45) is 0 Å². The highest BCUT2D eigenvalue weighted by atomic mass is 32.2. The third kappa shape index (κ3) is 3.91. The molecule has 1 rings (SSSR count). The van der Waals surface area contributed by atoms with Crippen molar-refractivity contribution in [3.63, 3.8) is 0 Å². The molecule has 0 aromatic heterocycles. The van der Waals surface area contributed by atoms with Crippen LogP contribution in [0.4, 0.5) is 0 Å². The van der Waals surface area contributed by atoms with Crippen LogP contribution in [0.1, 0.15) is 26.7 Å². The quantitative estimate of drug-likeness (QED) is 0.712. The molecule has 0 aliphatic carbocycles. The average Bonchev–Trinajstić information content (AvgIpc) is 2.26. The Balaban J connectivity index is 2.67. The Hall–Kier alpha value is -0.180. The van der Waals surface area contributed by atoms with Gasteiger partial charge in [-0.2, -0.15) is 0 Å². The number of hydrogen-bond donors (Lipinski definition) is 2. The highest BCUT2D eigenvalue weighted by Crippen LogP contribution is 2.16. The minimum absolute atomic E-state index is 0.0926. The van der Waals surface area contributed by atoms with Gasteiger partial charge in [0.1, 0.15) is 0 Å². The van der Waals surface area contributed by atoms with Crippen molar-refractivity contribution < 1.29 is 16.8 Å². The first kappa shape index (κ1) is 15.9. The van der Waals surface area contributed by atoms with Gasteiger partial charge in [0.15, 0.2) is 9.84 Å². The Morgan fingerprint density at radius 3 is 2.33 bits per heavy atom. The van der Waals surface area contributed by atoms with Gasteiger partial charge >= 0.3 is 0 Å². The highest BCUT2D eigenvalue weighted by molar-refractivity contribution is 7.92. The third-order valence-electron chi connectivity index (χ3n) is 3.39. The topological polar surface area (TPSA) is 92.3 Å². The second-order valence-electron chi connectivity index (χ2n) is 5.37. The van der Waals surface area contributed by atoms with Crippen LogP contribution in [-0.2, 0) is 19.9 Å². The van der Waals surface area contributed by atoms with E-state index in [4.69, 9.17) is 0 Å². The summed E-state index contributed by atoms with van der Waals surface area (Å²) in [6.07, 6.45) is 2.55. The molecular weight excluding hydrogens is 276 g/mol. The summed E-state index contributed by atoms with van der Waals surface area (Å²) < 4.78 is 48.4. The lowest BCUT2D eigenvalue weighted by Crippen LogP contribution is -2.49. The lowest BCUT2D eigenvalue weighted by Gasteiger charge is -2.27. The summed E-state index contributed by atoms with van der Waals surface area (Å²) in [5.41, 5.74) is 0. The number of sulfonamides is 1. The summed E-state index contributed by atoms with van der Waals surface area (Å²) in [7, 11) is -6.75. The molecule has 6 nitrogen and oxygen atoms in total. The molecule has 1 aliphatic rings. The van der Waals surface area contributed by atoms with Crippen molar-refractivity contribution in [2.45, 2.75) is 36.7 Å². The van der Waals surface area contributed by atoms with Gasteiger partial charge in [0.2, 0.25) is 10.0 Å². The molecule has 1 atom stereocenters. The number of piperidine rings is 1. The van der Waals surface area contributed by atoms with E-state index >= 15 is 0 Å². The molecule has 2 N–H and O–H groups in total. The van der Waals surface area contributed by atoms with E-state index in [1.54, 1.807) is 0 Å². The zero-order valence-corrected chi connectivity index (χ0v) is 12.7. The molecule has 0 amide bonds. The SMILES string of the molecule is CC(C)(CNS(=O)(=O)C1CCCNC1)S(C)(=O)=O. The molecule has 1 heterocycles. The maximum absolute atomic E-state index is 12.0. The van der Waals surface area contributed by atoms with Crippen molar-refractivity contribution in [3.05, 3.63) is 0 Å². The molecule has 0 radical (unpaired) electrons. The molecule has 1 unspecified atom stereocenters. The molecule has 108 valence electrons. The summed E-state index contributed by atoms with van der Waals surface area (Å²) in [6.45, 7) is 4.20. The second kappa shape index (κ2) is 5.44. The predicted octanol–water partition coefficient (Wildman–Crippen LogP) is -0.519. The van der Waals surface area contributed by atoms with E-state index in [9.17, 15) is 16.8 Å². The minimum atomic E-state index is -3.45. The molecule has 1 saturated heterocycles. The molecule has 0 aromatic rings. The van der Waals surface area contributed by atoms with Crippen molar-refractivity contribution in [2.75, 3.05) is 25.9 Å². The van der Waals surface area contributed by atoms with Gasteiger partial charge in [-0.3, -0.25) is 0 Å². The van der Waals surface area contributed by atoms with E-state index in [0.717, 1.165) is 19.2 Å². The molecule has 18 heavy (non-hydrogen) atoms. The molecule has 0 bridgehead atoms. The molecule has 0 spiro atoms. The van der Waals surface area contributed by atoms with Crippen LogP contribution < -0.4 is 10.0 Å². The smallest absolute Gasteiger partial charge is 0.215 e. The average molecular weight is 298 g/mol. The molecule has 1 aliphatic heterocycles. The first-order valence-corrected chi connectivity index (χ1v) is 9.39. The summed E-state index contributed by atoms with van der Waals surface area (Å²) in [6, 6.07) is 0. The summed E-state index contributed by atoms with van der Waals surface area (Å²) >= 11 is 0. The normalized spacial score (nSPS) is 22.9. The van der Waals surface area contributed by atoms with E-state index in [1.165, 1.54) is 13.8 Å².